The number of rotatable bonds is 1. The molecule has 1 atom stereocenters. The van der Waals surface area contributed by atoms with Gasteiger partial charge in [-0.05, 0) is 17.7 Å². The molecular weight excluding hydrogens is 226 g/mol. The summed E-state index contributed by atoms with van der Waals surface area (Å²) in [5, 5.41) is 10.6. The highest BCUT2D eigenvalue weighted by atomic mass is 19.3. The fraction of sp³-hybridized carbons (Fsp3) is 0.400. The van der Waals surface area contributed by atoms with E-state index in [4.69, 9.17) is 5.11 Å². The fourth-order valence-electron chi connectivity index (χ4n) is 1.67. The van der Waals surface area contributed by atoms with E-state index in [9.17, 15) is 17.6 Å². The summed E-state index contributed by atoms with van der Waals surface area (Å²) in [6, 6.07) is -0.0764. The van der Waals surface area contributed by atoms with E-state index in [0.29, 0.717) is 5.56 Å². The van der Waals surface area contributed by atoms with E-state index in [-0.39, 0.29) is 5.75 Å². The van der Waals surface area contributed by atoms with Gasteiger partial charge in [0.15, 0.2) is 0 Å². The Morgan fingerprint density at radius 3 is 2.12 bits per heavy atom. The highest BCUT2D eigenvalue weighted by molar-refractivity contribution is 5.29. The number of phenolic OH excluding ortho intramolecular Hbond substituents is 1. The van der Waals surface area contributed by atoms with E-state index in [1.807, 2.05) is 0 Å². The Hall–Kier alpha value is -1.30. The van der Waals surface area contributed by atoms with Gasteiger partial charge in [0.1, 0.15) is 5.75 Å². The largest absolute Gasteiger partial charge is 0.508 e. The highest BCUT2D eigenvalue weighted by Crippen LogP contribution is 2.46. The van der Waals surface area contributed by atoms with Gasteiger partial charge >= 0.3 is 12.0 Å². The average molecular weight is 235 g/mol. The summed E-state index contributed by atoms with van der Waals surface area (Å²) in [7, 11) is 0. The maximum atomic E-state index is 12.9. The minimum absolute atomic E-state index is 0.0414. The first-order chi connectivity index (χ1) is 7.32. The van der Waals surface area contributed by atoms with Gasteiger partial charge in [0.25, 0.3) is 0 Å². The molecular formula is C10H9F4NO. The van der Waals surface area contributed by atoms with Crippen LogP contribution in [0, 0.1) is 0 Å². The third kappa shape index (κ3) is 1.73. The van der Waals surface area contributed by atoms with Gasteiger partial charge in [-0.2, -0.15) is 17.6 Å². The van der Waals surface area contributed by atoms with Gasteiger partial charge in [-0.1, -0.05) is 12.1 Å². The van der Waals surface area contributed by atoms with Crippen molar-refractivity contribution >= 4 is 0 Å². The van der Waals surface area contributed by atoms with Crippen molar-refractivity contribution in [3.8, 4) is 5.75 Å². The van der Waals surface area contributed by atoms with E-state index in [1.165, 1.54) is 24.3 Å². The van der Waals surface area contributed by atoms with E-state index in [0.717, 1.165) is 0 Å². The number of alkyl halides is 4. The lowest BCUT2D eigenvalue weighted by atomic mass is 10.0. The van der Waals surface area contributed by atoms with Gasteiger partial charge in [0.2, 0.25) is 0 Å². The zero-order valence-corrected chi connectivity index (χ0v) is 8.05. The number of hydrogen-bond acceptors (Lipinski definition) is 2. The van der Waals surface area contributed by atoms with Gasteiger partial charge in [0, 0.05) is 12.5 Å². The molecule has 1 saturated heterocycles. The van der Waals surface area contributed by atoms with E-state index >= 15 is 0 Å². The van der Waals surface area contributed by atoms with Crippen LogP contribution in [0.1, 0.15) is 18.0 Å². The topological polar surface area (TPSA) is 32.3 Å². The van der Waals surface area contributed by atoms with Crippen molar-refractivity contribution in [2.45, 2.75) is 24.4 Å². The maximum Gasteiger partial charge on any atom is 0.365 e. The van der Waals surface area contributed by atoms with E-state index in [2.05, 4.69) is 0 Å². The molecule has 1 aliphatic rings. The second kappa shape index (κ2) is 3.35. The van der Waals surface area contributed by atoms with Crippen molar-refractivity contribution in [1.29, 1.82) is 0 Å². The monoisotopic (exact) mass is 235 g/mol. The minimum atomic E-state index is -4.18. The fourth-order valence-corrected chi connectivity index (χ4v) is 1.67. The smallest absolute Gasteiger partial charge is 0.365 e. The predicted octanol–water partition coefficient (Wildman–Crippen LogP) is 2.65. The second-order valence-electron chi connectivity index (χ2n) is 3.77. The first-order valence-corrected chi connectivity index (χ1v) is 4.64. The molecule has 1 aliphatic heterocycles. The minimum Gasteiger partial charge on any atom is -0.508 e. The van der Waals surface area contributed by atoms with Crippen LogP contribution in [-0.2, 0) is 0 Å². The Kier molecular flexibility index (Phi) is 2.34. The predicted molar refractivity (Wildman–Crippen MR) is 48.5 cm³/mol. The van der Waals surface area contributed by atoms with Crippen molar-refractivity contribution in [3.63, 3.8) is 0 Å². The molecule has 1 unspecified atom stereocenters. The molecule has 0 spiro atoms. The standard InChI is InChI=1S/C10H9F4NO/c11-9(12)5-8(15-10(9,13)14)6-1-3-7(16)4-2-6/h1-4,8,15-16H,5H2. The summed E-state index contributed by atoms with van der Waals surface area (Å²) in [5.74, 6) is -4.09. The average Bonchev–Trinajstić information content (AvgIpc) is 2.37. The van der Waals surface area contributed by atoms with Crippen LogP contribution in [-0.4, -0.2) is 17.1 Å². The number of phenols is 1. The lowest BCUT2D eigenvalue weighted by Crippen LogP contribution is -2.43. The molecule has 1 fully saturated rings. The molecule has 0 saturated carbocycles. The SMILES string of the molecule is Oc1ccc(C2CC(F)(F)C(F)(F)N2)cc1. The Labute approximate surface area is 88.9 Å². The van der Waals surface area contributed by atoms with Crippen LogP contribution in [0.15, 0.2) is 24.3 Å². The van der Waals surface area contributed by atoms with Crippen LogP contribution >= 0.6 is 0 Å². The Bertz CT molecular complexity index is 374. The summed E-state index contributed by atoms with van der Waals surface area (Å²) in [6.45, 7) is 0. The molecule has 16 heavy (non-hydrogen) atoms. The normalized spacial score (nSPS) is 26.9. The third-order valence-corrected chi connectivity index (χ3v) is 2.57. The van der Waals surface area contributed by atoms with Crippen molar-refractivity contribution in [3.05, 3.63) is 29.8 Å². The van der Waals surface area contributed by atoms with Crippen LogP contribution in [0.25, 0.3) is 0 Å². The molecule has 2 rings (SSSR count). The quantitative estimate of drug-likeness (QED) is 0.579. The van der Waals surface area contributed by atoms with Gasteiger partial charge in [-0.15, -0.1) is 0 Å². The number of halogens is 4. The highest BCUT2D eigenvalue weighted by Gasteiger charge is 2.63. The molecule has 0 bridgehead atoms. The maximum absolute atomic E-state index is 12.9. The van der Waals surface area contributed by atoms with Gasteiger partial charge in [-0.3, -0.25) is 0 Å². The lowest BCUT2D eigenvalue weighted by molar-refractivity contribution is -0.197. The van der Waals surface area contributed by atoms with Crippen LogP contribution in [0.4, 0.5) is 17.6 Å². The van der Waals surface area contributed by atoms with Gasteiger partial charge in [-0.25, -0.2) is 5.32 Å². The molecule has 6 heteroatoms. The van der Waals surface area contributed by atoms with Crippen molar-refractivity contribution in [2.75, 3.05) is 0 Å². The zero-order chi connectivity index (χ0) is 12.0. The van der Waals surface area contributed by atoms with Crippen LogP contribution in [0.5, 0.6) is 5.75 Å². The number of hydrogen-bond donors (Lipinski definition) is 2. The Balaban J connectivity index is 2.23. The third-order valence-electron chi connectivity index (χ3n) is 2.57. The summed E-state index contributed by atoms with van der Waals surface area (Å²) in [4.78, 5) is 0. The molecule has 2 N–H and O–H groups in total. The molecule has 0 radical (unpaired) electrons. The van der Waals surface area contributed by atoms with Gasteiger partial charge in [0.05, 0.1) is 0 Å². The molecule has 0 amide bonds. The zero-order valence-electron chi connectivity index (χ0n) is 8.05. The van der Waals surface area contributed by atoms with Crippen molar-refractivity contribution < 1.29 is 22.7 Å². The molecule has 1 aromatic rings. The molecule has 1 aromatic carbocycles. The van der Waals surface area contributed by atoms with Crippen molar-refractivity contribution in [1.82, 2.24) is 5.32 Å². The summed E-state index contributed by atoms with van der Waals surface area (Å²) < 4.78 is 51.4. The molecule has 2 nitrogen and oxygen atoms in total. The Morgan fingerprint density at radius 1 is 1.12 bits per heavy atom. The first kappa shape index (κ1) is 11.2. The summed E-state index contributed by atoms with van der Waals surface area (Å²) in [6.07, 6.45) is -0.954. The number of aromatic hydroxyl groups is 1. The summed E-state index contributed by atoms with van der Waals surface area (Å²) >= 11 is 0. The van der Waals surface area contributed by atoms with E-state index < -0.39 is 24.4 Å². The van der Waals surface area contributed by atoms with Crippen LogP contribution in [0.3, 0.4) is 0 Å². The van der Waals surface area contributed by atoms with Gasteiger partial charge < -0.3 is 5.11 Å². The molecule has 88 valence electrons. The Morgan fingerprint density at radius 2 is 1.69 bits per heavy atom. The van der Waals surface area contributed by atoms with Crippen LogP contribution in [0.2, 0.25) is 0 Å². The number of nitrogens with one attached hydrogen (secondary N) is 1. The second-order valence-corrected chi connectivity index (χ2v) is 3.77. The van der Waals surface area contributed by atoms with Crippen molar-refractivity contribution in [2.24, 2.45) is 0 Å². The lowest BCUT2D eigenvalue weighted by Gasteiger charge is -2.16. The molecule has 0 aliphatic carbocycles. The summed E-state index contributed by atoms with van der Waals surface area (Å²) in [5.41, 5.74) is 0.301. The van der Waals surface area contributed by atoms with Crippen LogP contribution < -0.4 is 5.32 Å². The molecule has 1 heterocycles. The van der Waals surface area contributed by atoms with E-state index in [1.54, 1.807) is 5.32 Å². The molecule has 0 aromatic heterocycles. The number of benzene rings is 1. The first-order valence-electron chi connectivity index (χ1n) is 4.64.